The minimum Gasteiger partial charge on any atom is -0.336 e. The average Bonchev–Trinajstić information content (AvgIpc) is 2.94. The minimum atomic E-state index is -0.561. The summed E-state index contributed by atoms with van der Waals surface area (Å²) in [6.07, 6.45) is 10.2. The van der Waals surface area contributed by atoms with Crippen LogP contribution in [0, 0.1) is 12.3 Å². The normalized spacial score (nSPS) is 11.7. The predicted molar refractivity (Wildman–Crippen MR) is 88.9 cm³/mol. The molecular formula is C17H18N2OS. The summed E-state index contributed by atoms with van der Waals surface area (Å²) in [6.45, 7) is 3.95. The molecule has 0 aliphatic heterocycles. The summed E-state index contributed by atoms with van der Waals surface area (Å²) >= 11 is 1.56. The molecule has 1 aromatic carbocycles. The van der Waals surface area contributed by atoms with Crippen LogP contribution in [0.3, 0.4) is 0 Å². The van der Waals surface area contributed by atoms with Gasteiger partial charge in [-0.15, -0.1) is 17.8 Å². The smallest absolute Gasteiger partial charge is 0.245 e. The number of hydrogen-bond acceptors (Lipinski definition) is 3. The summed E-state index contributed by atoms with van der Waals surface area (Å²) < 4.78 is 1.11. The number of thiazole rings is 1. The van der Waals surface area contributed by atoms with E-state index in [-0.39, 0.29) is 5.91 Å². The van der Waals surface area contributed by atoms with Crippen molar-refractivity contribution in [2.24, 2.45) is 0 Å². The number of fused-ring (bicyclic) bond motifs is 1. The largest absolute Gasteiger partial charge is 0.336 e. The number of benzene rings is 1. The van der Waals surface area contributed by atoms with Crippen LogP contribution in [-0.2, 0) is 4.79 Å². The van der Waals surface area contributed by atoms with Crippen molar-refractivity contribution in [1.29, 1.82) is 0 Å². The number of carbonyl (C=O) groups is 1. The van der Waals surface area contributed by atoms with Gasteiger partial charge in [0.15, 0.2) is 0 Å². The van der Waals surface area contributed by atoms with Crippen LogP contribution < -0.4 is 5.32 Å². The first-order valence-electron chi connectivity index (χ1n) is 6.96. The number of nitrogens with one attached hydrogen (secondary N) is 1. The number of rotatable bonds is 5. The molecule has 108 valence electrons. The maximum atomic E-state index is 12.0. The van der Waals surface area contributed by atoms with Gasteiger partial charge in [0, 0.05) is 6.08 Å². The van der Waals surface area contributed by atoms with Crippen molar-refractivity contribution in [3.05, 3.63) is 35.3 Å². The van der Waals surface area contributed by atoms with Crippen LogP contribution in [0.5, 0.6) is 0 Å². The second kappa shape index (κ2) is 6.55. The van der Waals surface area contributed by atoms with E-state index in [9.17, 15) is 4.79 Å². The molecule has 0 saturated carbocycles. The second-order valence-electron chi connectivity index (χ2n) is 4.78. The number of para-hydroxylation sites is 1. The summed E-state index contributed by atoms with van der Waals surface area (Å²) in [7, 11) is 0. The topological polar surface area (TPSA) is 42.0 Å². The molecule has 2 aromatic rings. The third kappa shape index (κ3) is 3.50. The molecule has 0 saturated heterocycles. The number of terminal acetylenes is 1. The highest BCUT2D eigenvalue weighted by Crippen LogP contribution is 2.22. The van der Waals surface area contributed by atoms with Crippen LogP contribution in [0.25, 0.3) is 16.3 Å². The van der Waals surface area contributed by atoms with E-state index in [1.54, 1.807) is 17.4 Å². The van der Waals surface area contributed by atoms with Crippen molar-refractivity contribution >= 4 is 33.5 Å². The zero-order valence-corrected chi connectivity index (χ0v) is 13.0. The summed E-state index contributed by atoms with van der Waals surface area (Å²) in [5, 5.41) is 3.71. The molecule has 3 nitrogen and oxygen atoms in total. The van der Waals surface area contributed by atoms with Crippen molar-refractivity contribution in [1.82, 2.24) is 10.3 Å². The quantitative estimate of drug-likeness (QED) is 0.676. The Morgan fingerprint density at radius 3 is 2.76 bits per heavy atom. The molecule has 1 aromatic heterocycles. The van der Waals surface area contributed by atoms with Crippen LogP contribution in [0.15, 0.2) is 30.3 Å². The molecule has 2 rings (SSSR count). The molecule has 0 fully saturated rings. The van der Waals surface area contributed by atoms with Gasteiger partial charge in [-0.1, -0.05) is 31.9 Å². The van der Waals surface area contributed by atoms with Crippen molar-refractivity contribution in [3.63, 3.8) is 0 Å². The third-order valence-electron chi connectivity index (χ3n) is 3.53. The molecule has 0 unspecified atom stereocenters. The highest BCUT2D eigenvalue weighted by atomic mass is 32.1. The first-order chi connectivity index (χ1) is 10.1. The lowest BCUT2D eigenvalue weighted by atomic mass is 9.94. The molecule has 0 bridgehead atoms. The Hall–Kier alpha value is -2.12. The summed E-state index contributed by atoms with van der Waals surface area (Å²) in [5.41, 5.74) is 0.386. The third-order valence-corrected chi connectivity index (χ3v) is 4.54. The van der Waals surface area contributed by atoms with Gasteiger partial charge in [0.05, 0.1) is 10.2 Å². The Morgan fingerprint density at radius 1 is 1.43 bits per heavy atom. The molecule has 21 heavy (non-hydrogen) atoms. The number of aromatic nitrogens is 1. The Balaban J connectivity index is 2.10. The van der Waals surface area contributed by atoms with Gasteiger partial charge in [0.25, 0.3) is 0 Å². The molecule has 1 N–H and O–H groups in total. The first kappa shape index (κ1) is 15.3. The summed E-state index contributed by atoms with van der Waals surface area (Å²) in [6, 6.07) is 7.90. The molecule has 4 heteroatoms. The Kier molecular flexibility index (Phi) is 4.77. The van der Waals surface area contributed by atoms with Gasteiger partial charge in [-0.2, -0.15) is 0 Å². The molecule has 0 spiro atoms. The van der Waals surface area contributed by atoms with E-state index in [0.717, 1.165) is 15.2 Å². The summed E-state index contributed by atoms with van der Waals surface area (Å²) in [4.78, 5) is 16.5. The van der Waals surface area contributed by atoms with Crippen LogP contribution in [0.4, 0.5) is 0 Å². The van der Waals surface area contributed by atoms with Crippen LogP contribution in [-0.4, -0.2) is 16.4 Å². The Labute approximate surface area is 129 Å². The highest BCUT2D eigenvalue weighted by molar-refractivity contribution is 7.19. The first-order valence-corrected chi connectivity index (χ1v) is 7.77. The monoisotopic (exact) mass is 298 g/mol. The number of nitrogens with zero attached hydrogens (tertiary/aromatic N) is 1. The van der Waals surface area contributed by atoms with Gasteiger partial charge in [0.2, 0.25) is 5.91 Å². The van der Waals surface area contributed by atoms with Gasteiger partial charge in [-0.3, -0.25) is 4.79 Å². The Bertz CT molecular complexity index is 672. The number of carbonyl (C=O) groups excluding carboxylic acids is 1. The highest BCUT2D eigenvalue weighted by Gasteiger charge is 2.24. The molecular weight excluding hydrogens is 280 g/mol. The van der Waals surface area contributed by atoms with E-state index in [4.69, 9.17) is 6.42 Å². The number of hydrogen-bond donors (Lipinski definition) is 1. The predicted octanol–water partition coefficient (Wildman–Crippen LogP) is 3.62. The van der Waals surface area contributed by atoms with Gasteiger partial charge >= 0.3 is 0 Å². The zero-order chi connectivity index (χ0) is 15.3. The van der Waals surface area contributed by atoms with Crippen LogP contribution in [0.1, 0.15) is 31.7 Å². The molecule has 0 radical (unpaired) electrons. The minimum absolute atomic E-state index is 0.184. The van der Waals surface area contributed by atoms with Gasteiger partial charge in [-0.05, 0) is 31.1 Å². The lowest BCUT2D eigenvalue weighted by Gasteiger charge is -2.26. The van der Waals surface area contributed by atoms with Crippen LogP contribution >= 0.6 is 11.3 Å². The SMILES string of the molecule is C#CC(CC)(CC)NC(=O)/C=C/c1nc2ccccc2s1. The van der Waals surface area contributed by atoms with Crippen molar-refractivity contribution in [2.45, 2.75) is 32.2 Å². The molecule has 1 heterocycles. The lowest BCUT2D eigenvalue weighted by molar-refractivity contribution is -0.117. The maximum absolute atomic E-state index is 12.0. The maximum Gasteiger partial charge on any atom is 0.245 e. The van der Waals surface area contributed by atoms with Crippen molar-refractivity contribution in [3.8, 4) is 12.3 Å². The fourth-order valence-corrected chi connectivity index (χ4v) is 2.92. The molecule has 0 aliphatic rings. The fourth-order valence-electron chi connectivity index (χ4n) is 2.05. The van der Waals surface area contributed by atoms with Crippen molar-refractivity contribution < 1.29 is 4.79 Å². The fraction of sp³-hybridized carbons (Fsp3) is 0.294. The Morgan fingerprint density at radius 2 is 2.14 bits per heavy atom. The van der Waals surface area contributed by atoms with E-state index in [0.29, 0.717) is 12.8 Å². The lowest BCUT2D eigenvalue weighted by Crippen LogP contribution is -2.45. The second-order valence-corrected chi connectivity index (χ2v) is 5.84. The molecule has 0 aliphatic carbocycles. The van der Waals surface area contributed by atoms with E-state index >= 15 is 0 Å². The molecule has 1 amide bonds. The average molecular weight is 298 g/mol. The summed E-state index contributed by atoms with van der Waals surface area (Å²) in [5.74, 6) is 2.50. The van der Waals surface area contributed by atoms with Crippen molar-refractivity contribution in [2.75, 3.05) is 0 Å². The standard InChI is InChI=1S/C17H18N2OS/c1-4-17(5-2,6-3)19-15(20)11-12-16-18-13-9-7-8-10-14(13)21-16/h1,7-12H,5-6H2,2-3H3,(H,19,20)/b12-11+. The molecule has 0 atom stereocenters. The number of amides is 1. The van der Waals surface area contributed by atoms with E-state index in [1.807, 2.05) is 38.1 Å². The van der Waals surface area contributed by atoms with E-state index in [2.05, 4.69) is 16.2 Å². The van der Waals surface area contributed by atoms with Gasteiger partial charge < -0.3 is 5.32 Å². The van der Waals surface area contributed by atoms with Gasteiger partial charge in [0.1, 0.15) is 10.5 Å². The van der Waals surface area contributed by atoms with Crippen LogP contribution in [0.2, 0.25) is 0 Å². The van der Waals surface area contributed by atoms with E-state index in [1.165, 1.54) is 6.08 Å². The van der Waals surface area contributed by atoms with E-state index < -0.39 is 5.54 Å². The zero-order valence-electron chi connectivity index (χ0n) is 12.2. The van der Waals surface area contributed by atoms with Gasteiger partial charge in [-0.25, -0.2) is 4.98 Å².